The lowest BCUT2D eigenvalue weighted by atomic mass is 10.7. The van der Waals surface area contributed by atoms with E-state index in [1.54, 1.807) is 18.5 Å². The van der Waals surface area contributed by atoms with Gasteiger partial charge in [-0.05, 0) is 33.8 Å². The minimum absolute atomic E-state index is 0.219. The van der Waals surface area contributed by atoms with Gasteiger partial charge in [0.15, 0.2) is 5.16 Å². The molecule has 0 atom stereocenters. The van der Waals surface area contributed by atoms with Gasteiger partial charge >= 0.3 is 0 Å². The Morgan fingerprint density at radius 2 is 2.00 bits per heavy atom. The number of hydrogen-bond acceptors (Lipinski definition) is 5. The van der Waals surface area contributed by atoms with E-state index >= 15 is 0 Å². The molecule has 0 unspecified atom stereocenters. The van der Waals surface area contributed by atoms with Crippen LogP contribution in [0.25, 0.3) is 0 Å². The van der Waals surface area contributed by atoms with Crippen molar-refractivity contribution in [1.82, 2.24) is 19.9 Å². The second kappa shape index (κ2) is 4.54. The van der Waals surface area contributed by atoms with Gasteiger partial charge in [-0.1, -0.05) is 0 Å². The summed E-state index contributed by atoms with van der Waals surface area (Å²) in [5.41, 5.74) is -0.219. The molecule has 0 fully saturated rings. The number of H-pyrrole nitrogens is 1. The molecular formula is C8H5BrN4OS. The summed E-state index contributed by atoms with van der Waals surface area (Å²) in [6.07, 6.45) is 4.62. The van der Waals surface area contributed by atoms with Gasteiger partial charge in [-0.2, -0.15) is 0 Å². The highest BCUT2D eigenvalue weighted by atomic mass is 79.9. The quantitative estimate of drug-likeness (QED) is 0.668. The SMILES string of the molecule is O=c1[nH]cnc(Sc2ncccn2)c1Br. The summed E-state index contributed by atoms with van der Waals surface area (Å²) in [4.78, 5) is 25.8. The second-order valence-corrected chi connectivity index (χ2v) is 4.23. The Morgan fingerprint density at radius 1 is 1.27 bits per heavy atom. The molecule has 2 rings (SSSR count). The van der Waals surface area contributed by atoms with E-state index in [0.717, 1.165) is 0 Å². The zero-order valence-electron chi connectivity index (χ0n) is 7.35. The lowest BCUT2D eigenvalue weighted by molar-refractivity contribution is 0.943. The van der Waals surface area contributed by atoms with Gasteiger partial charge in [-0.3, -0.25) is 4.79 Å². The second-order valence-electron chi connectivity index (χ2n) is 2.48. The van der Waals surface area contributed by atoms with Crippen molar-refractivity contribution in [2.45, 2.75) is 10.2 Å². The summed E-state index contributed by atoms with van der Waals surface area (Å²) in [6.45, 7) is 0. The summed E-state index contributed by atoms with van der Waals surface area (Å²) in [5, 5.41) is 1.10. The maximum absolute atomic E-state index is 11.2. The molecule has 0 spiro atoms. The first-order valence-corrected chi connectivity index (χ1v) is 5.56. The Balaban J connectivity index is 2.33. The molecule has 0 aliphatic carbocycles. The fourth-order valence-electron chi connectivity index (χ4n) is 0.862. The van der Waals surface area contributed by atoms with E-state index in [1.807, 2.05) is 0 Å². The first-order chi connectivity index (χ1) is 7.27. The van der Waals surface area contributed by atoms with Crippen LogP contribution in [0.3, 0.4) is 0 Å². The fourth-order valence-corrected chi connectivity index (χ4v) is 2.01. The summed E-state index contributed by atoms with van der Waals surface area (Å²) in [6, 6.07) is 1.73. The normalized spacial score (nSPS) is 10.2. The molecule has 0 bridgehead atoms. The van der Waals surface area contributed by atoms with Crippen LogP contribution in [-0.2, 0) is 0 Å². The van der Waals surface area contributed by atoms with Gasteiger partial charge in [-0.15, -0.1) is 0 Å². The average Bonchev–Trinajstić information content (AvgIpc) is 2.26. The third-order valence-corrected chi connectivity index (χ3v) is 3.39. The molecule has 1 N–H and O–H groups in total. The van der Waals surface area contributed by atoms with Crippen LogP contribution in [0.5, 0.6) is 0 Å². The number of hydrogen-bond donors (Lipinski definition) is 1. The molecule has 0 saturated carbocycles. The Labute approximate surface area is 97.5 Å². The Hall–Kier alpha value is -1.21. The van der Waals surface area contributed by atoms with Crippen LogP contribution < -0.4 is 5.56 Å². The lowest BCUT2D eigenvalue weighted by Crippen LogP contribution is -2.08. The minimum Gasteiger partial charge on any atom is -0.312 e. The van der Waals surface area contributed by atoms with Crippen molar-refractivity contribution < 1.29 is 0 Å². The number of halogens is 1. The van der Waals surface area contributed by atoms with Crippen molar-refractivity contribution in [3.63, 3.8) is 0 Å². The zero-order valence-corrected chi connectivity index (χ0v) is 9.75. The molecular weight excluding hydrogens is 280 g/mol. The number of rotatable bonds is 2. The van der Waals surface area contributed by atoms with Crippen molar-refractivity contribution >= 4 is 27.7 Å². The van der Waals surface area contributed by atoms with Gasteiger partial charge in [-0.25, -0.2) is 15.0 Å². The van der Waals surface area contributed by atoms with E-state index in [4.69, 9.17) is 0 Å². The monoisotopic (exact) mass is 284 g/mol. The Bertz CT molecular complexity index is 516. The molecule has 76 valence electrons. The fraction of sp³-hybridized carbons (Fsp3) is 0. The van der Waals surface area contributed by atoms with Gasteiger partial charge in [0.2, 0.25) is 0 Å². The van der Waals surface area contributed by atoms with Crippen molar-refractivity contribution in [3.8, 4) is 0 Å². The standard InChI is InChI=1S/C8H5BrN4OS/c9-5-6(14)12-4-13-7(5)15-8-10-2-1-3-11-8/h1-4H,(H,12,13,14). The van der Waals surface area contributed by atoms with Gasteiger partial charge in [0, 0.05) is 12.4 Å². The molecule has 2 heterocycles. The average molecular weight is 285 g/mol. The van der Waals surface area contributed by atoms with Crippen LogP contribution in [0.1, 0.15) is 0 Å². The van der Waals surface area contributed by atoms with Crippen molar-refractivity contribution in [2.24, 2.45) is 0 Å². The van der Waals surface area contributed by atoms with E-state index in [-0.39, 0.29) is 5.56 Å². The first-order valence-electron chi connectivity index (χ1n) is 3.95. The number of nitrogens with zero attached hydrogens (tertiary/aromatic N) is 3. The van der Waals surface area contributed by atoms with Crippen LogP contribution >= 0.6 is 27.7 Å². The van der Waals surface area contributed by atoms with Gasteiger partial charge in [0.1, 0.15) is 9.50 Å². The highest BCUT2D eigenvalue weighted by molar-refractivity contribution is 9.10. The summed E-state index contributed by atoms with van der Waals surface area (Å²) < 4.78 is 0.391. The van der Waals surface area contributed by atoms with Gasteiger partial charge in [0.05, 0.1) is 6.33 Å². The topological polar surface area (TPSA) is 71.5 Å². The van der Waals surface area contributed by atoms with E-state index in [2.05, 4.69) is 35.9 Å². The Kier molecular flexibility index (Phi) is 3.12. The van der Waals surface area contributed by atoms with Gasteiger partial charge < -0.3 is 4.98 Å². The molecule has 15 heavy (non-hydrogen) atoms. The van der Waals surface area contributed by atoms with Crippen molar-refractivity contribution in [1.29, 1.82) is 0 Å². The lowest BCUT2D eigenvalue weighted by Gasteiger charge is -1.99. The Morgan fingerprint density at radius 3 is 2.73 bits per heavy atom. The molecule has 2 aromatic rings. The summed E-state index contributed by atoms with van der Waals surface area (Å²) in [7, 11) is 0. The molecule has 0 amide bonds. The van der Waals surface area contributed by atoms with Gasteiger partial charge in [0.25, 0.3) is 5.56 Å². The maximum Gasteiger partial charge on any atom is 0.266 e. The van der Waals surface area contributed by atoms with E-state index in [1.165, 1.54) is 18.1 Å². The third kappa shape index (κ3) is 2.42. The molecule has 7 heteroatoms. The predicted octanol–water partition coefficient (Wildman–Crippen LogP) is 1.47. The minimum atomic E-state index is -0.219. The first kappa shape index (κ1) is 10.3. The molecule has 5 nitrogen and oxygen atoms in total. The number of aromatic amines is 1. The highest BCUT2D eigenvalue weighted by Crippen LogP contribution is 2.25. The number of nitrogens with one attached hydrogen (secondary N) is 1. The van der Waals surface area contributed by atoms with Crippen LogP contribution in [0.4, 0.5) is 0 Å². The number of aromatic nitrogens is 4. The van der Waals surface area contributed by atoms with Crippen molar-refractivity contribution in [3.05, 3.63) is 39.6 Å². The molecule has 0 radical (unpaired) electrons. The highest BCUT2D eigenvalue weighted by Gasteiger charge is 2.08. The predicted molar refractivity (Wildman–Crippen MR) is 58.7 cm³/mol. The molecule has 2 aromatic heterocycles. The molecule has 0 aromatic carbocycles. The molecule has 0 aliphatic heterocycles. The molecule has 0 saturated heterocycles. The largest absolute Gasteiger partial charge is 0.312 e. The summed E-state index contributed by atoms with van der Waals surface area (Å²) in [5.74, 6) is 0. The van der Waals surface area contributed by atoms with Crippen LogP contribution in [-0.4, -0.2) is 19.9 Å². The zero-order chi connectivity index (χ0) is 10.7. The molecule has 0 aliphatic rings. The van der Waals surface area contributed by atoms with Crippen LogP contribution in [0.15, 0.2) is 44.2 Å². The van der Waals surface area contributed by atoms with Crippen molar-refractivity contribution in [2.75, 3.05) is 0 Å². The van der Waals surface area contributed by atoms with Crippen LogP contribution in [0.2, 0.25) is 0 Å². The van der Waals surface area contributed by atoms with Crippen LogP contribution in [0, 0.1) is 0 Å². The van der Waals surface area contributed by atoms with E-state index in [0.29, 0.717) is 14.7 Å². The van der Waals surface area contributed by atoms with E-state index < -0.39 is 0 Å². The summed E-state index contributed by atoms with van der Waals surface area (Å²) >= 11 is 4.38. The maximum atomic E-state index is 11.2. The van der Waals surface area contributed by atoms with E-state index in [9.17, 15) is 4.79 Å². The smallest absolute Gasteiger partial charge is 0.266 e. The third-order valence-electron chi connectivity index (χ3n) is 1.49.